The molecule has 1 unspecified atom stereocenters. The third kappa shape index (κ3) is 1.88. The zero-order valence-corrected chi connectivity index (χ0v) is 10.7. The van der Waals surface area contributed by atoms with E-state index in [0.29, 0.717) is 6.54 Å². The third-order valence-electron chi connectivity index (χ3n) is 3.47. The second-order valence-electron chi connectivity index (χ2n) is 4.98. The van der Waals surface area contributed by atoms with Gasteiger partial charge in [-0.15, -0.1) is 0 Å². The van der Waals surface area contributed by atoms with Crippen LogP contribution in [0.2, 0.25) is 0 Å². The highest BCUT2D eigenvalue weighted by molar-refractivity contribution is 5.68. The Morgan fingerprint density at radius 1 is 1.28 bits per heavy atom. The lowest BCUT2D eigenvalue weighted by Crippen LogP contribution is -2.35. The molecule has 0 radical (unpaired) electrons. The summed E-state index contributed by atoms with van der Waals surface area (Å²) in [5.74, 6) is 0. The zero-order chi connectivity index (χ0) is 12.7. The first-order valence-electron chi connectivity index (χ1n) is 6.14. The fraction of sp³-hybridized carbons (Fsp3) is 0.357. The number of rotatable bonds is 1. The van der Waals surface area contributed by atoms with Crippen LogP contribution >= 0.6 is 0 Å². The smallest absolute Gasteiger partial charge is 0.0755 e. The van der Waals surface area contributed by atoms with E-state index in [-0.39, 0.29) is 6.10 Å². The molecule has 0 amide bonds. The van der Waals surface area contributed by atoms with E-state index in [1.807, 2.05) is 26.5 Å². The van der Waals surface area contributed by atoms with Gasteiger partial charge < -0.3 is 10.0 Å². The summed E-state index contributed by atoms with van der Waals surface area (Å²) in [6.07, 6.45) is 4.33. The number of fused-ring (bicyclic) bond motifs is 1. The van der Waals surface area contributed by atoms with Gasteiger partial charge in [-0.25, -0.2) is 0 Å². The molecule has 0 saturated heterocycles. The van der Waals surface area contributed by atoms with Crippen LogP contribution in [0.5, 0.6) is 0 Å². The molecule has 0 spiro atoms. The van der Waals surface area contributed by atoms with Crippen molar-refractivity contribution in [1.29, 1.82) is 0 Å². The fourth-order valence-electron chi connectivity index (χ4n) is 2.60. The standard InChI is InChI=1S/C14H17N3O/c1-16-9-13(18)6-11-5-10(3-4-14(11)16)12-7-15-17(2)8-12/h3-5,7-8,13,18H,6,9H2,1-2H3. The number of aryl methyl sites for hydroxylation is 1. The number of hydrogen-bond donors (Lipinski definition) is 1. The molecule has 4 nitrogen and oxygen atoms in total. The molecule has 1 aromatic carbocycles. The molecule has 94 valence electrons. The van der Waals surface area contributed by atoms with Crippen molar-refractivity contribution in [3.63, 3.8) is 0 Å². The minimum atomic E-state index is -0.272. The number of nitrogens with zero attached hydrogens (tertiary/aromatic N) is 3. The Morgan fingerprint density at radius 2 is 2.11 bits per heavy atom. The first kappa shape index (κ1) is 11.3. The molecule has 1 aromatic heterocycles. The van der Waals surface area contributed by atoms with Crippen LogP contribution in [-0.2, 0) is 13.5 Å². The minimum Gasteiger partial charge on any atom is -0.391 e. The van der Waals surface area contributed by atoms with Crippen LogP contribution in [0, 0.1) is 0 Å². The summed E-state index contributed by atoms with van der Waals surface area (Å²) < 4.78 is 1.80. The lowest BCUT2D eigenvalue weighted by atomic mass is 9.96. The lowest BCUT2D eigenvalue weighted by molar-refractivity contribution is 0.177. The average molecular weight is 243 g/mol. The number of likely N-dealkylation sites (N-methyl/N-ethyl adjacent to an activating group) is 1. The van der Waals surface area contributed by atoms with Gasteiger partial charge >= 0.3 is 0 Å². The number of aliphatic hydroxyl groups is 1. The Morgan fingerprint density at radius 3 is 2.83 bits per heavy atom. The van der Waals surface area contributed by atoms with Crippen molar-refractivity contribution in [1.82, 2.24) is 9.78 Å². The van der Waals surface area contributed by atoms with Crippen LogP contribution < -0.4 is 4.90 Å². The SMILES string of the molecule is CN1CC(O)Cc2cc(-c3cnn(C)c3)ccc21. The predicted molar refractivity (Wildman–Crippen MR) is 71.6 cm³/mol. The maximum absolute atomic E-state index is 9.83. The number of aromatic nitrogens is 2. The second-order valence-corrected chi connectivity index (χ2v) is 4.98. The fourth-order valence-corrected chi connectivity index (χ4v) is 2.60. The second kappa shape index (κ2) is 4.14. The van der Waals surface area contributed by atoms with E-state index in [9.17, 15) is 5.11 Å². The van der Waals surface area contributed by atoms with Gasteiger partial charge in [0.05, 0.1) is 12.3 Å². The lowest BCUT2D eigenvalue weighted by Gasteiger charge is -2.31. The van der Waals surface area contributed by atoms with Crippen molar-refractivity contribution in [2.24, 2.45) is 7.05 Å². The normalized spacial score (nSPS) is 18.8. The molecule has 1 atom stereocenters. The van der Waals surface area contributed by atoms with Gasteiger partial charge in [-0.05, 0) is 23.3 Å². The third-order valence-corrected chi connectivity index (χ3v) is 3.47. The molecule has 1 N–H and O–H groups in total. The summed E-state index contributed by atoms with van der Waals surface area (Å²) in [6.45, 7) is 0.708. The van der Waals surface area contributed by atoms with Gasteiger partial charge in [0.1, 0.15) is 0 Å². The Bertz CT molecular complexity index is 576. The molecular formula is C14H17N3O. The number of hydrogen-bond acceptors (Lipinski definition) is 3. The molecule has 0 bridgehead atoms. The quantitative estimate of drug-likeness (QED) is 0.824. The maximum Gasteiger partial charge on any atom is 0.0755 e. The van der Waals surface area contributed by atoms with Crippen LogP contribution in [0.25, 0.3) is 11.1 Å². The molecule has 18 heavy (non-hydrogen) atoms. The molecule has 0 saturated carbocycles. The topological polar surface area (TPSA) is 41.3 Å². The zero-order valence-electron chi connectivity index (χ0n) is 10.7. The van der Waals surface area contributed by atoms with E-state index in [0.717, 1.165) is 17.5 Å². The van der Waals surface area contributed by atoms with Gasteiger partial charge in [-0.2, -0.15) is 5.10 Å². The molecule has 4 heteroatoms. The highest BCUT2D eigenvalue weighted by Crippen LogP contribution is 2.30. The molecule has 2 aromatic rings. The van der Waals surface area contributed by atoms with E-state index < -0.39 is 0 Å². The van der Waals surface area contributed by atoms with Gasteiger partial charge in [-0.1, -0.05) is 6.07 Å². The summed E-state index contributed by atoms with van der Waals surface area (Å²) in [5, 5.41) is 14.0. The first-order chi connectivity index (χ1) is 8.63. The van der Waals surface area contributed by atoms with E-state index in [2.05, 4.69) is 28.2 Å². The van der Waals surface area contributed by atoms with Crippen molar-refractivity contribution in [2.75, 3.05) is 18.5 Å². The molecular weight excluding hydrogens is 226 g/mol. The van der Waals surface area contributed by atoms with E-state index in [4.69, 9.17) is 0 Å². The Hall–Kier alpha value is -1.81. The van der Waals surface area contributed by atoms with Crippen molar-refractivity contribution < 1.29 is 5.11 Å². The van der Waals surface area contributed by atoms with Crippen LogP contribution in [0.15, 0.2) is 30.6 Å². The van der Waals surface area contributed by atoms with Gasteiger partial charge in [0, 0.05) is 44.5 Å². The van der Waals surface area contributed by atoms with Crippen molar-refractivity contribution in [3.05, 3.63) is 36.2 Å². The molecule has 0 aliphatic carbocycles. The summed E-state index contributed by atoms with van der Waals surface area (Å²) >= 11 is 0. The van der Waals surface area contributed by atoms with Crippen LogP contribution in [0.3, 0.4) is 0 Å². The highest BCUT2D eigenvalue weighted by Gasteiger charge is 2.20. The maximum atomic E-state index is 9.83. The summed E-state index contributed by atoms with van der Waals surface area (Å²) in [4.78, 5) is 2.11. The molecule has 1 aliphatic heterocycles. The minimum absolute atomic E-state index is 0.272. The van der Waals surface area contributed by atoms with Gasteiger partial charge in [0.15, 0.2) is 0 Å². The molecule has 0 fully saturated rings. The first-order valence-corrected chi connectivity index (χ1v) is 6.14. The summed E-state index contributed by atoms with van der Waals surface area (Å²) in [6, 6.07) is 6.40. The van der Waals surface area contributed by atoms with Gasteiger partial charge in [0.2, 0.25) is 0 Å². The van der Waals surface area contributed by atoms with Crippen molar-refractivity contribution in [2.45, 2.75) is 12.5 Å². The van der Waals surface area contributed by atoms with Crippen LogP contribution in [0.1, 0.15) is 5.56 Å². The van der Waals surface area contributed by atoms with Crippen LogP contribution in [-0.4, -0.2) is 34.6 Å². The molecule has 2 heterocycles. The number of benzene rings is 1. The number of aliphatic hydroxyl groups excluding tert-OH is 1. The monoisotopic (exact) mass is 243 g/mol. The molecule has 1 aliphatic rings. The van der Waals surface area contributed by atoms with Gasteiger partial charge in [0.25, 0.3) is 0 Å². The number of β-amino-alcohol motifs (C(OH)–C–C–N with tert-alkyl or cyclic N) is 1. The Balaban J connectivity index is 2.03. The van der Waals surface area contributed by atoms with Crippen LogP contribution in [0.4, 0.5) is 5.69 Å². The van der Waals surface area contributed by atoms with E-state index in [1.165, 1.54) is 11.3 Å². The average Bonchev–Trinajstić information content (AvgIpc) is 2.75. The predicted octanol–water partition coefficient (Wildman–Crippen LogP) is 1.44. The summed E-state index contributed by atoms with van der Waals surface area (Å²) in [5.41, 5.74) is 4.69. The van der Waals surface area contributed by atoms with Gasteiger partial charge in [-0.3, -0.25) is 4.68 Å². The Kier molecular flexibility index (Phi) is 2.59. The highest BCUT2D eigenvalue weighted by atomic mass is 16.3. The molecule has 3 rings (SSSR count). The number of anilines is 1. The van der Waals surface area contributed by atoms with E-state index in [1.54, 1.807) is 4.68 Å². The Labute approximate surface area is 106 Å². The largest absolute Gasteiger partial charge is 0.391 e. The van der Waals surface area contributed by atoms with E-state index >= 15 is 0 Å². The van der Waals surface area contributed by atoms with Crippen molar-refractivity contribution >= 4 is 5.69 Å². The summed E-state index contributed by atoms with van der Waals surface area (Å²) in [7, 11) is 3.93. The van der Waals surface area contributed by atoms with Crippen molar-refractivity contribution in [3.8, 4) is 11.1 Å².